The molecule has 27 heavy (non-hydrogen) atoms. The van der Waals surface area contributed by atoms with E-state index in [1.165, 1.54) is 12.8 Å². The number of likely N-dealkylation sites (tertiary alicyclic amines) is 1. The summed E-state index contributed by atoms with van der Waals surface area (Å²) in [6.45, 7) is 4.16. The highest BCUT2D eigenvalue weighted by atomic mass is 16.5. The van der Waals surface area contributed by atoms with E-state index in [-0.39, 0.29) is 5.91 Å². The normalized spacial score (nSPS) is 21.4. The lowest BCUT2D eigenvalue weighted by atomic mass is 10.1. The van der Waals surface area contributed by atoms with Crippen LogP contribution in [0.2, 0.25) is 0 Å². The predicted octanol–water partition coefficient (Wildman–Crippen LogP) is 1.85. The van der Waals surface area contributed by atoms with E-state index in [9.17, 15) is 4.79 Å². The Morgan fingerprint density at radius 3 is 2.81 bits per heavy atom. The van der Waals surface area contributed by atoms with E-state index in [1.807, 2.05) is 35.0 Å². The fourth-order valence-electron chi connectivity index (χ4n) is 4.13. The smallest absolute Gasteiger partial charge is 0.273 e. The molecule has 1 atom stereocenters. The highest BCUT2D eigenvalue weighted by Gasteiger charge is 2.32. The van der Waals surface area contributed by atoms with Crippen molar-refractivity contribution in [3.8, 4) is 0 Å². The number of rotatable bonds is 6. The van der Waals surface area contributed by atoms with Gasteiger partial charge in [0.15, 0.2) is 5.69 Å². The lowest BCUT2D eigenvalue weighted by Crippen LogP contribution is -2.44. The van der Waals surface area contributed by atoms with E-state index in [0.29, 0.717) is 24.3 Å². The first kappa shape index (κ1) is 18.1. The molecule has 7 nitrogen and oxygen atoms in total. The van der Waals surface area contributed by atoms with E-state index < -0.39 is 0 Å². The van der Waals surface area contributed by atoms with Gasteiger partial charge in [0.25, 0.3) is 5.91 Å². The minimum Gasteiger partial charge on any atom is -0.381 e. The van der Waals surface area contributed by atoms with Gasteiger partial charge in [-0.15, -0.1) is 5.10 Å². The predicted molar refractivity (Wildman–Crippen MR) is 101 cm³/mol. The summed E-state index contributed by atoms with van der Waals surface area (Å²) in [7, 11) is 0. The summed E-state index contributed by atoms with van der Waals surface area (Å²) in [5.74, 6) is -0.183. The SMILES string of the molecule is O=C(NCc1ccccc1)c1cn(CC2CCCN2C2CCOCC2)nn1. The zero-order valence-electron chi connectivity index (χ0n) is 15.6. The molecule has 0 bridgehead atoms. The maximum Gasteiger partial charge on any atom is 0.273 e. The third kappa shape index (κ3) is 4.54. The Bertz CT molecular complexity index is 742. The second-order valence-electron chi connectivity index (χ2n) is 7.37. The standard InChI is InChI=1S/C20H27N5O2/c26-20(21-13-16-5-2-1-3-6-16)19-15-24(23-22-19)14-18-7-4-10-25(18)17-8-11-27-12-9-17/h1-3,5-6,15,17-18H,4,7-14H2,(H,21,26). The van der Waals surface area contributed by atoms with Crippen LogP contribution in [-0.2, 0) is 17.8 Å². The molecule has 2 aromatic rings. The molecule has 0 radical (unpaired) electrons. The molecule has 144 valence electrons. The number of nitrogens with one attached hydrogen (secondary N) is 1. The number of hydrogen-bond acceptors (Lipinski definition) is 5. The number of nitrogens with zero attached hydrogens (tertiary/aromatic N) is 4. The summed E-state index contributed by atoms with van der Waals surface area (Å²) in [5, 5.41) is 11.2. The van der Waals surface area contributed by atoms with Gasteiger partial charge >= 0.3 is 0 Å². The molecule has 1 aromatic heterocycles. The van der Waals surface area contributed by atoms with Crippen molar-refractivity contribution in [1.82, 2.24) is 25.2 Å². The van der Waals surface area contributed by atoms with Crippen LogP contribution in [0.1, 0.15) is 41.7 Å². The number of aromatic nitrogens is 3. The molecule has 2 aliphatic heterocycles. The third-order valence-corrected chi connectivity index (χ3v) is 5.55. The molecular formula is C20H27N5O2. The molecule has 4 rings (SSSR count). The molecular weight excluding hydrogens is 342 g/mol. The zero-order valence-corrected chi connectivity index (χ0v) is 15.6. The van der Waals surface area contributed by atoms with E-state index in [0.717, 1.165) is 44.7 Å². The fraction of sp³-hybridized carbons (Fsp3) is 0.550. The Kier molecular flexibility index (Phi) is 5.79. The van der Waals surface area contributed by atoms with Crippen molar-refractivity contribution in [1.29, 1.82) is 0 Å². The number of hydrogen-bond donors (Lipinski definition) is 1. The van der Waals surface area contributed by atoms with Crippen molar-refractivity contribution >= 4 is 5.91 Å². The molecule has 2 fully saturated rings. The van der Waals surface area contributed by atoms with Gasteiger partial charge in [0.1, 0.15) is 0 Å². The molecule has 2 aliphatic rings. The molecule has 1 aromatic carbocycles. The van der Waals surface area contributed by atoms with Gasteiger partial charge < -0.3 is 10.1 Å². The number of carbonyl (C=O) groups excluding carboxylic acids is 1. The summed E-state index contributed by atoms with van der Waals surface area (Å²) in [4.78, 5) is 14.9. The van der Waals surface area contributed by atoms with Gasteiger partial charge in [0, 0.05) is 31.8 Å². The molecule has 2 saturated heterocycles. The van der Waals surface area contributed by atoms with Gasteiger partial charge in [-0.05, 0) is 37.8 Å². The Morgan fingerprint density at radius 2 is 2.00 bits per heavy atom. The fourth-order valence-corrected chi connectivity index (χ4v) is 4.13. The number of benzene rings is 1. The van der Waals surface area contributed by atoms with Gasteiger partial charge in [-0.2, -0.15) is 0 Å². The largest absolute Gasteiger partial charge is 0.381 e. The lowest BCUT2D eigenvalue weighted by molar-refractivity contribution is 0.0264. The monoisotopic (exact) mass is 369 g/mol. The van der Waals surface area contributed by atoms with E-state index >= 15 is 0 Å². The molecule has 3 heterocycles. The van der Waals surface area contributed by atoms with Crippen molar-refractivity contribution in [2.75, 3.05) is 19.8 Å². The Labute approximate surface area is 159 Å². The van der Waals surface area contributed by atoms with Gasteiger partial charge in [-0.3, -0.25) is 14.4 Å². The number of carbonyl (C=O) groups is 1. The second-order valence-corrected chi connectivity index (χ2v) is 7.37. The molecule has 0 saturated carbocycles. The lowest BCUT2D eigenvalue weighted by Gasteiger charge is -2.35. The van der Waals surface area contributed by atoms with Crippen LogP contribution in [0.4, 0.5) is 0 Å². The Morgan fingerprint density at radius 1 is 1.19 bits per heavy atom. The quantitative estimate of drug-likeness (QED) is 0.841. The molecule has 0 spiro atoms. The minimum atomic E-state index is -0.183. The summed E-state index contributed by atoms with van der Waals surface area (Å²) in [5.41, 5.74) is 1.44. The minimum absolute atomic E-state index is 0.183. The average molecular weight is 369 g/mol. The van der Waals surface area contributed by atoms with E-state index in [2.05, 4.69) is 20.5 Å². The van der Waals surface area contributed by atoms with Crippen LogP contribution in [0.15, 0.2) is 36.5 Å². The van der Waals surface area contributed by atoms with Crippen LogP contribution >= 0.6 is 0 Å². The number of amides is 1. The summed E-state index contributed by atoms with van der Waals surface area (Å²) >= 11 is 0. The van der Waals surface area contributed by atoms with Crippen LogP contribution in [0.5, 0.6) is 0 Å². The highest BCUT2D eigenvalue weighted by molar-refractivity contribution is 5.91. The summed E-state index contributed by atoms with van der Waals surface area (Å²) in [6.07, 6.45) is 6.39. The van der Waals surface area contributed by atoms with Crippen LogP contribution < -0.4 is 5.32 Å². The maximum atomic E-state index is 12.3. The van der Waals surface area contributed by atoms with Crippen LogP contribution in [0.3, 0.4) is 0 Å². The van der Waals surface area contributed by atoms with Gasteiger partial charge in [-0.25, -0.2) is 0 Å². The van der Waals surface area contributed by atoms with E-state index in [1.54, 1.807) is 6.20 Å². The Balaban J connectivity index is 1.32. The zero-order chi connectivity index (χ0) is 18.5. The Hall–Kier alpha value is -2.25. The molecule has 1 unspecified atom stereocenters. The van der Waals surface area contributed by atoms with Crippen LogP contribution in [0.25, 0.3) is 0 Å². The summed E-state index contributed by atoms with van der Waals surface area (Å²) in [6, 6.07) is 10.9. The van der Waals surface area contributed by atoms with E-state index in [4.69, 9.17) is 4.74 Å². The topological polar surface area (TPSA) is 72.3 Å². The summed E-state index contributed by atoms with van der Waals surface area (Å²) < 4.78 is 7.32. The highest BCUT2D eigenvalue weighted by Crippen LogP contribution is 2.26. The molecule has 1 amide bonds. The third-order valence-electron chi connectivity index (χ3n) is 5.55. The molecule has 1 N–H and O–H groups in total. The first-order chi connectivity index (χ1) is 13.3. The van der Waals surface area contributed by atoms with Crippen LogP contribution in [-0.4, -0.2) is 57.6 Å². The second kappa shape index (κ2) is 8.63. The molecule has 7 heteroatoms. The average Bonchev–Trinajstić information content (AvgIpc) is 3.38. The molecule has 0 aliphatic carbocycles. The van der Waals surface area contributed by atoms with Crippen LogP contribution in [0, 0.1) is 0 Å². The van der Waals surface area contributed by atoms with Crippen molar-refractivity contribution in [2.45, 2.75) is 50.9 Å². The number of ether oxygens (including phenoxy) is 1. The van der Waals surface area contributed by atoms with Crippen molar-refractivity contribution < 1.29 is 9.53 Å². The first-order valence-corrected chi connectivity index (χ1v) is 9.85. The van der Waals surface area contributed by atoms with Gasteiger partial charge in [0.2, 0.25) is 0 Å². The van der Waals surface area contributed by atoms with Crippen molar-refractivity contribution in [2.24, 2.45) is 0 Å². The van der Waals surface area contributed by atoms with Crippen molar-refractivity contribution in [3.05, 3.63) is 47.8 Å². The van der Waals surface area contributed by atoms with Gasteiger partial charge in [-0.1, -0.05) is 35.5 Å². The maximum absolute atomic E-state index is 12.3. The first-order valence-electron chi connectivity index (χ1n) is 9.85. The van der Waals surface area contributed by atoms with Gasteiger partial charge in [0.05, 0.1) is 12.7 Å². The van der Waals surface area contributed by atoms with Crippen molar-refractivity contribution in [3.63, 3.8) is 0 Å².